The second kappa shape index (κ2) is 8.86. The average Bonchev–Trinajstić information content (AvgIpc) is 3.22. The van der Waals surface area contributed by atoms with Crippen LogP contribution in [0.15, 0.2) is 72.8 Å². The van der Waals surface area contributed by atoms with E-state index in [1.807, 2.05) is 0 Å². The Hall–Kier alpha value is -3.63. The van der Waals surface area contributed by atoms with E-state index in [9.17, 15) is 0 Å². The highest BCUT2D eigenvalue weighted by atomic mass is 15.2. The number of para-hydroxylation sites is 2. The summed E-state index contributed by atoms with van der Waals surface area (Å²) in [6.45, 7) is 7.53. The zero-order valence-electron chi connectivity index (χ0n) is 20.9. The largest absolute Gasteiger partial charge is 0.368 e. The molecule has 0 N–H and O–H groups in total. The Morgan fingerprint density at radius 3 is 2.29 bits per heavy atom. The van der Waals surface area contributed by atoms with Gasteiger partial charge in [-0.1, -0.05) is 36.4 Å². The lowest BCUT2D eigenvalue weighted by Gasteiger charge is -2.34. The minimum Gasteiger partial charge on any atom is -0.368 e. The molecule has 35 heavy (non-hydrogen) atoms. The van der Waals surface area contributed by atoms with Crippen LogP contribution in [0.5, 0.6) is 0 Å². The lowest BCUT2D eigenvalue weighted by Crippen LogP contribution is -2.45. The maximum absolute atomic E-state index is 2.55. The van der Waals surface area contributed by atoms with Crippen molar-refractivity contribution in [3.63, 3.8) is 0 Å². The van der Waals surface area contributed by atoms with Crippen LogP contribution in [-0.4, -0.2) is 42.7 Å². The van der Waals surface area contributed by atoms with Crippen molar-refractivity contribution in [3.8, 4) is 0 Å². The molecule has 176 valence electrons. The number of anilines is 1. The molecular formula is C31H33N4+. The molecule has 0 atom stereocenters. The van der Waals surface area contributed by atoms with Gasteiger partial charge in [0.15, 0.2) is 0 Å². The van der Waals surface area contributed by atoms with Crippen LogP contribution in [-0.2, 0) is 13.6 Å². The van der Waals surface area contributed by atoms with E-state index in [2.05, 4.69) is 125 Å². The van der Waals surface area contributed by atoms with E-state index in [-0.39, 0.29) is 0 Å². The predicted octanol–water partition coefficient (Wildman–Crippen LogP) is 5.71. The quantitative estimate of drug-likeness (QED) is 0.318. The molecule has 1 aliphatic rings. The van der Waals surface area contributed by atoms with Gasteiger partial charge in [0, 0.05) is 72.7 Å². The minimum absolute atomic E-state index is 0.973. The van der Waals surface area contributed by atoms with Gasteiger partial charge in [0.25, 0.3) is 0 Å². The Balaban J connectivity index is 1.43. The van der Waals surface area contributed by atoms with Crippen LogP contribution in [0.4, 0.5) is 5.69 Å². The molecule has 3 aromatic carbocycles. The van der Waals surface area contributed by atoms with Crippen molar-refractivity contribution in [1.82, 2.24) is 9.47 Å². The summed E-state index contributed by atoms with van der Waals surface area (Å²) >= 11 is 0. The summed E-state index contributed by atoms with van der Waals surface area (Å²) in [5.41, 5.74) is 7.67. The van der Waals surface area contributed by atoms with Crippen LogP contribution >= 0.6 is 0 Å². The first-order valence-corrected chi connectivity index (χ1v) is 12.7. The highest BCUT2D eigenvalue weighted by Gasteiger charge is 2.21. The Labute approximate surface area is 207 Å². The van der Waals surface area contributed by atoms with Crippen molar-refractivity contribution < 1.29 is 4.57 Å². The van der Waals surface area contributed by atoms with Crippen LogP contribution in [0, 0.1) is 0 Å². The fourth-order valence-corrected chi connectivity index (χ4v) is 5.60. The smallest absolute Gasteiger partial charge is 0.214 e. The van der Waals surface area contributed by atoms with Gasteiger partial charge < -0.3 is 14.4 Å². The van der Waals surface area contributed by atoms with Crippen LogP contribution in [0.1, 0.15) is 18.2 Å². The first-order valence-electron chi connectivity index (χ1n) is 12.7. The lowest BCUT2D eigenvalue weighted by molar-refractivity contribution is -0.646. The predicted molar refractivity (Wildman–Crippen MR) is 149 cm³/mol. The molecule has 1 saturated heterocycles. The van der Waals surface area contributed by atoms with E-state index >= 15 is 0 Å². The van der Waals surface area contributed by atoms with E-state index in [0.717, 1.165) is 32.7 Å². The summed E-state index contributed by atoms with van der Waals surface area (Å²) in [6, 6.07) is 26.7. The van der Waals surface area contributed by atoms with E-state index < -0.39 is 0 Å². The average molecular weight is 462 g/mol. The van der Waals surface area contributed by atoms with Gasteiger partial charge in [-0.05, 0) is 49.9 Å². The Bertz CT molecular complexity index is 1570. The second-order valence-electron chi connectivity index (χ2n) is 9.69. The van der Waals surface area contributed by atoms with Gasteiger partial charge >= 0.3 is 0 Å². The summed E-state index contributed by atoms with van der Waals surface area (Å²) < 4.78 is 4.72. The fraction of sp³-hybridized carbons (Fsp3) is 0.258. The number of fused-ring (bicyclic) bond motifs is 4. The first-order chi connectivity index (χ1) is 17.1. The molecule has 0 spiro atoms. The number of rotatable bonds is 4. The number of benzene rings is 3. The topological polar surface area (TPSA) is 15.3 Å². The Morgan fingerprint density at radius 1 is 0.771 bits per heavy atom. The van der Waals surface area contributed by atoms with Gasteiger partial charge in [-0.2, -0.15) is 4.57 Å². The number of hydrogen-bond acceptors (Lipinski definition) is 2. The normalized spacial score (nSPS) is 15.2. The third-order valence-electron chi connectivity index (χ3n) is 7.62. The minimum atomic E-state index is 0.973. The molecule has 6 rings (SSSR count). The number of pyridine rings is 1. The highest BCUT2D eigenvalue weighted by molar-refractivity contribution is 6.08. The van der Waals surface area contributed by atoms with E-state index in [4.69, 9.17) is 0 Å². The number of nitrogens with zero attached hydrogens (tertiary/aromatic N) is 4. The van der Waals surface area contributed by atoms with Gasteiger partial charge in [0.05, 0.1) is 11.1 Å². The summed E-state index contributed by atoms with van der Waals surface area (Å²) in [5, 5.41) is 3.98. The zero-order chi connectivity index (χ0) is 23.9. The third-order valence-corrected chi connectivity index (χ3v) is 7.62. The molecule has 0 aliphatic carbocycles. The maximum Gasteiger partial charge on any atom is 0.214 e. The van der Waals surface area contributed by atoms with Crippen molar-refractivity contribution in [1.29, 1.82) is 0 Å². The molecule has 0 radical (unpaired) electrons. The summed E-state index contributed by atoms with van der Waals surface area (Å²) in [5.74, 6) is 0. The molecular weight excluding hydrogens is 428 g/mol. The number of aryl methyl sites for hydroxylation is 2. The monoisotopic (exact) mass is 461 g/mol. The van der Waals surface area contributed by atoms with E-state index in [0.29, 0.717) is 0 Å². The highest BCUT2D eigenvalue weighted by Crippen LogP contribution is 2.31. The molecule has 4 nitrogen and oxygen atoms in total. The van der Waals surface area contributed by atoms with Crippen molar-refractivity contribution >= 4 is 50.5 Å². The SMILES string of the molecule is CCn1c2ccccc2c2cc(/C=C/c3cc(N4CCN(C)CC4)c4ccccc4[n+]3C)ccc21. The molecule has 0 bridgehead atoms. The van der Waals surface area contributed by atoms with Crippen molar-refractivity contribution in [2.24, 2.45) is 7.05 Å². The molecule has 1 aliphatic heterocycles. The number of piperazine rings is 1. The van der Waals surface area contributed by atoms with Crippen molar-refractivity contribution in [2.75, 3.05) is 38.1 Å². The molecule has 0 amide bonds. The van der Waals surface area contributed by atoms with E-state index in [1.165, 1.54) is 49.7 Å². The Morgan fingerprint density at radius 2 is 1.49 bits per heavy atom. The van der Waals surface area contributed by atoms with Crippen LogP contribution < -0.4 is 9.47 Å². The maximum atomic E-state index is 2.55. The molecule has 1 fully saturated rings. The number of aromatic nitrogens is 2. The fourth-order valence-electron chi connectivity index (χ4n) is 5.60. The lowest BCUT2D eigenvalue weighted by atomic mass is 10.1. The van der Waals surface area contributed by atoms with Gasteiger partial charge in [-0.3, -0.25) is 0 Å². The van der Waals surface area contributed by atoms with Crippen LogP contribution in [0.2, 0.25) is 0 Å². The molecule has 3 heterocycles. The van der Waals surface area contributed by atoms with Gasteiger partial charge in [-0.15, -0.1) is 0 Å². The number of hydrogen-bond donors (Lipinski definition) is 0. The molecule has 2 aromatic heterocycles. The van der Waals surface area contributed by atoms with Gasteiger partial charge in [-0.25, -0.2) is 0 Å². The van der Waals surface area contributed by atoms with E-state index in [1.54, 1.807) is 0 Å². The number of likely N-dealkylation sites (N-methyl/N-ethyl adjacent to an activating group) is 1. The van der Waals surface area contributed by atoms with Crippen LogP contribution in [0.3, 0.4) is 0 Å². The molecule has 0 saturated carbocycles. The van der Waals surface area contributed by atoms with Crippen molar-refractivity contribution in [2.45, 2.75) is 13.5 Å². The van der Waals surface area contributed by atoms with Gasteiger partial charge in [0.1, 0.15) is 7.05 Å². The summed E-state index contributed by atoms with van der Waals surface area (Å²) in [7, 11) is 4.39. The first kappa shape index (κ1) is 21.9. The van der Waals surface area contributed by atoms with Gasteiger partial charge in [0.2, 0.25) is 11.2 Å². The summed E-state index contributed by atoms with van der Waals surface area (Å²) in [6.07, 6.45) is 4.53. The Kier molecular flexibility index (Phi) is 5.54. The molecule has 5 aromatic rings. The molecule has 4 heteroatoms. The van der Waals surface area contributed by atoms with Crippen molar-refractivity contribution in [3.05, 3.63) is 84.1 Å². The standard InChI is InChI=1S/C31H33N4/c1-4-35-29-12-8-5-9-25(29)27-21-23(14-16-30(27)35)13-15-24-22-31(34-19-17-32(2)18-20-34)26-10-6-7-11-28(26)33(24)3/h5-16,21-22H,4,17-20H2,1-3H3/q+1. The second-order valence-corrected chi connectivity index (χ2v) is 9.69. The molecule has 0 unspecified atom stereocenters. The van der Waals surface area contributed by atoms with Crippen LogP contribution in [0.25, 0.3) is 44.9 Å². The summed E-state index contributed by atoms with van der Waals surface area (Å²) in [4.78, 5) is 4.96. The zero-order valence-corrected chi connectivity index (χ0v) is 20.9. The third kappa shape index (κ3) is 3.78.